The van der Waals surface area contributed by atoms with Crippen LogP contribution in [0.2, 0.25) is 0 Å². The maximum atomic E-state index is 11.6. The van der Waals surface area contributed by atoms with Gasteiger partial charge in [0.2, 0.25) is 0 Å². The minimum atomic E-state index is -0.865. The molecule has 8 heteroatoms. The second kappa shape index (κ2) is 4.62. The predicted molar refractivity (Wildman–Crippen MR) is 59.4 cm³/mol. The summed E-state index contributed by atoms with van der Waals surface area (Å²) in [6.07, 6.45) is 0. The van der Waals surface area contributed by atoms with Gasteiger partial charge in [-0.1, -0.05) is 18.2 Å². The molecule has 0 aliphatic heterocycles. The maximum absolute atomic E-state index is 11.6. The lowest BCUT2D eigenvalue weighted by atomic mass is 10.3. The predicted octanol–water partition coefficient (Wildman–Crippen LogP) is 0.962. The Morgan fingerprint density at radius 3 is 2.61 bits per heavy atom. The molecule has 1 aromatic heterocycles. The first-order chi connectivity index (χ1) is 8.65. The van der Waals surface area contributed by atoms with E-state index in [2.05, 4.69) is 15.0 Å². The van der Waals surface area contributed by atoms with E-state index in [-0.39, 0.29) is 5.69 Å². The van der Waals surface area contributed by atoms with Gasteiger partial charge in [-0.25, -0.2) is 4.79 Å². The van der Waals surface area contributed by atoms with Gasteiger partial charge in [-0.3, -0.25) is 0 Å². The number of ether oxygens (including phenoxy) is 1. The lowest BCUT2D eigenvalue weighted by Crippen LogP contribution is -2.12. The van der Waals surface area contributed by atoms with E-state index in [1.807, 2.05) is 0 Å². The van der Waals surface area contributed by atoms with Crippen LogP contribution in [0.15, 0.2) is 30.3 Å². The number of hydrogen-bond donors (Lipinski definition) is 0. The molecule has 0 fully saturated rings. The number of carbonyl (C=O) groups is 1. The Balaban J connectivity index is 2.62. The van der Waals surface area contributed by atoms with Gasteiger partial charge in [0.15, 0.2) is 0 Å². The largest absolute Gasteiger partial charge is 0.464 e. The third-order valence-electron chi connectivity index (χ3n) is 2.20. The summed E-state index contributed by atoms with van der Waals surface area (Å²) >= 11 is 0. The topological polar surface area (TPSA) is 100 Å². The standard InChI is InChI=1S/C10H8N4O4/c1-18-10(15)8-9(14(16)17)11-12-13(8)7-5-3-2-4-6-7/h2-6H,1H3. The molecule has 0 radical (unpaired) electrons. The molecule has 0 atom stereocenters. The molecule has 1 heterocycles. The van der Waals surface area contributed by atoms with Gasteiger partial charge in [0, 0.05) is 0 Å². The van der Waals surface area contributed by atoms with Crippen LogP contribution in [-0.2, 0) is 4.74 Å². The summed E-state index contributed by atoms with van der Waals surface area (Å²) in [7, 11) is 1.13. The molecule has 2 rings (SSSR count). The molecule has 2 aromatic rings. The summed E-state index contributed by atoms with van der Waals surface area (Å²) in [4.78, 5) is 21.6. The molecule has 8 nitrogen and oxygen atoms in total. The first-order valence-electron chi connectivity index (χ1n) is 4.89. The Morgan fingerprint density at radius 1 is 1.39 bits per heavy atom. The van der Waals surface area contributed by atoms with E-state index in [0.717, 1.165) is 11.8 Å². The summed E-state index contributed by atoms with van der Waals surface area (Å²) in [5.41, 5.74) is 0.173. The lowest BCUT2D eigenvalue weighted by molar-refractivity contribution is -0.390. The van der Waals surface area contributed by atoms with Crippen LogP contribution >= 0.6 is 0 Å². The van der Waals surface area contributed by atoms with E-state index in [0.29, 0.717) is 5.69 Å². The highest BCUT2D eigenvalue weighted by Crippen LogP contribution is 2.19. The zero-order chi connectivity index (χ0) is 13.1. The van der Waals surface area contributed by atoms with Crippen LogP contribution in [-0.4, -0.2) is 33.0 Å². The van der Waals surface area contributed by atoms with Crippen molar-refractivity contribution in [3.63, 3.8) is 0 Å². The second-order valence-corrected chi connectivity index (χ2v) is 3.26. The fourth-order valence-electron chi connectivity index (χ4n) is 1.42. The molecule has 0 bridgehead atoms. The number of esters is 1. The van der Waals surface area contributed by atoms with Crippen LogP contribution in [0.25, 0.3) is 5.69 Å². The quantitative estimate of drug-likeness (QED) is 0.455. The zero-order valence-corrected chi connectivity index (χ0v) is 9.31. The Morgan fingerprint density at radius 2 is 2.06 bits per heavy atom. The number of nitrogens with zero attached hydrogens (tertiary/aromatic N) is 4. The maximum Gasteiger partial charge on any atom is 0.426 e. The van der Waals surface area contributed by atoms with Crippen molar-refractivity contribution >= 4 is 11.8 Å². The van der Waals surface area contributed by atoms with Crippen molar-refractivity contribution in [2.24, 2.45) is 0 Å². The zero-order valence-electron chi connectivity index (χ0n) is 9.31. The van der Waals surface area contributed by atoms with Crippen LogP contribution in [0.3, 0.4) is 0 Å². The summed E-state index contributed by atoms with van der Waals surface area (Å²) in [6.45, 7) is 0. The molecular weight excluding hydrogens is 240 g/mol. The monoisotopic (exact) mass is 248 g/mol. The van der Waals surface area contributed by atoms with Crippen LogP contribution in [0.5, 0.6) is 0 Å². The van der Waals surface area contributed by atoms with Crippen molar-refractivity contribution in [3.05, 3.63) is 46.1 Å². The van der Waals surface area contributed by atoms with Gasteiger partial charge in [0.1, 0.15) is 5.10 Å². The minimum Gasteiger partial charge on any atom is -0.464 e. The van der Waals surface area contributed by atoms with Gasteiger partial charge < -0.3 is 14.9 Å². The molecule has 0 aliphatic carbocycles. The van der Waals surface area contributed by atoms with Gasteiger partial charge in [0.05, 0.1) is 18.0 Å². The molecule has 0 saturated carbocycles. The molecule has 0 unspecified atom stereocenters. The first kappa shape index (κ1) is 11.7. The van der Waals surface area contributed by atoms with E-state index < -0.39 is 16.7 Å². The lowest BCUT2D eigenvalue weighted by Gasteiger charge is -2.02. The highest BCUT2D eigenvalue weighted by Gasteiger charge is 2.31. The number of nitro groups is 1. The van der Waals surface area contributed by atoms with Crippen molar-refractivity contribution in [1.29, 1.82) is 0 Å². The normalized spacial score (nSPS) is 10.1. The van der Waals surface area contributed by atoms with Gasteiger partial charge in [0.25, 0.3) is 5.69 Å². The molecule has 0 amide bonds. The SMILES string of the molecule is COC(=O)c1c([N+](=O)[O-])nnn1-c1ccccc1. The Labute approximate surface area is 101 Å². The average Bonchev–Trinajstić information content (AvgIpc) is 2.83. The van der Waals surface area contributed by atoms with Crippen molar-refractivity contribution in [3.8, 4) is 5.69 Å². The number of aromatic nitrogens is 3. The summed E-state index contributed by atoms with van der Waals surface area (Å²) in [5.74, 6) is -1.50. The van der Waals surface area contributed by atoms with Crippen molar-refractivity contribution < 1.29 is 14.5 Å². The summed E-state index contributed by atoms with van der Waals surface area (Å²) < 4.78 is 5.58. The summed E-state index contributed by atoms with van der Waals surface area (Å²) in [6, 6.07) is 8.48. The fraction of sp³-hybridized carbons (Fsp3) is 0.100. The van der Waals surface area contributed by atoms with Crippen molar-refractivity contribution in [2.45, 2.75) is 0 Å². The van der Waals surface area contributed by atoms with Gasteiger partial charge in [-0.2, -0.15) is 4.68 Å². The number of benzene rings is 1. The van der Waals surface area contributed by atoms with Gasteiger partial charge >= 0.3 is 11.8 Å². The first-order valence-corrected chi connectivity index (χ1v) is 4.89. The van der Waals surface area contributed by atoms with Crippen molar-refractivity contribution in [1.82, 2.24) is 15.0 Å². The van der Waals surface area contributed by atoms with Gasteiger partial charge in [-0.15, -0.1) is 0 Å². The molecule has 0 N–H and O–H groups in total. The number of methoxy groups -OCH3 is 1. The molecule has 0 spiro atoms. The third kappa shape index (κ3) is 1.90. The Kier molecular flexibility index (Phi) is 3.00. The van der Waals surface area contributed by atoms with Crippen LogP contribution < -0.4 is 0 Å². The van der Waals surface area contributed by atoms with E-state index >= 15 is 0 Å². The average molecular weight is 248 g/mol. The molecule has 92 valence electrons. The molecule has 0 saturated heterocycles. The van der Waals surface area contributed by atoms with Crippen LogP contribution in [0.1, 0.15) is 10.5 Å². The number of rotatable bonds is 3. The molecule has 1 aromatic carbocycles. The van der Waals surface area contributed by atoms with Gasteiger partial charge in [-0.05, 0) is 17.1 Å². The number of para-hydroxylation sites is 1. The molecular formula is C10H8N4O4. The second-order valence-electron chi connectivity index (χ2n) is 3.26. The third-order valence-corrected chi connectivity index (χ3v) is 2.20. The highest BCUT2D eigenvalue weighted by molar-refractivity contribution is 5.91. The Hall–Kier alpha value is -2.77. The van der Waals surface area contributed by atoms with E-state index in [1.165, 1.54) is 0 Å². The molecule has 18 heavy (non-hydrogen) atoms. The fourth-order valence-corrected chi connectivity index (χ4v) is 1.42. The van der Waals surface area contributed by atoms with E-state index in [1.54, 1.807) is 30.3 Å². The van der Waals surface area contributed by atoms with E-state index in [4.69, 9.17) is 0 Å². The minimum absolute atomic E-state index is 0.311. The van der Waals surface area contributed by atoms with Crippen molar-refractivity contribution in [2.75, 3.05) is 7.11 Å². The van der Waals surface area contributed by atoms with E-state index in [9.17, 15) is 14.9 Å². The highest BCUT2D eigenvalue weighted by atomic mass is 16.6. The smallest absolute Gasteiger partial charge is 0.426 e. The van der Waals surface area contributed by atoms with Crippen LogP contribution in [0.4, 0.5) is 5.82 Å². The summed E-state index contributed by atoms with van der Waals surface area (Å²) in [5, 5.41) is 17.7. The number of carbonyl (C=O) groups excluding carboxylic acids is 1. The number of hydrogen-bond acceptors (Lipinski definition) is 6. The molecule has 0 aliphatic rings. The van der Waals surface area contributed by atoms with Crippen LogP contribution in [0, 0.1) is 10.1 Å². The Bertz CT molecular complexity index is 593.